The average Bonchev–Trinajstić information content (AvgIpc) is 2.96. The maximum atomic E-state index is 13.5. The number of amides is 1. The van der Waals surface area contributed by atoms with Gasteiger partial charge in [-0.25, -0.2) is 0 Å². The van der Waals surface area contributed by atoms with Gasteiger partial charge in [-0.15, -0.1) is 0 Å². The van der Waals surface area contributed by atoms with Crippen molar-refractivity contribution in [2.75, 3.05) is 6.54 Å². The Morgan fingerprint density at radius 2 is 1.96 bits per heavy atom. The molecule has 0 radical (unpaired) electrons. The van der Waals surface area contributed by atoms with E-state index in [4.69, 9.17) is 0 Å². The third kappa shape index (κ3) is 3.77. The highest BCUT2D eigenvalue weighted by Gasteiger charge is 2.51. The van der Waals surface area contributed by atoms with Crippen molar-refractivity contribution < 1.29 is 4.79 Å². The first-order chi connectivity index (χ1) is 13.2. The molecule has 0 bridgehead atoms. The van der Waals surface area contributed by atoms with Crippen LogP contribution in [0.2, 0.25) is 0 Å². The second-order valence-corrected chi connectivity index (χ2v) is 8.14. The number of rotatable bonds is 3. The van der Waals surface area contributed by atoms with Gasteiger partial charge >= 0.3 is 0 Å². The Bertz CT molecular complexity index is 764. The number of carbonyl (C=O) groups is 1. The van der Waals surface area contributed by atoms with E-state index in [1.807, 2.05) is 24.3 Å². The fraction of sp³-hybridized carbons (Fsp3) is 0.478. The molecular weight excluding hydrogens is 334 g/mol. The van der Waals surface area contributed by atoms with Crippen molar-refractivity contribution in [2.45, 2.75) is 63.1 Å². The molecule has 1 aromatic heterocycles. The predicted molar refractivity (Wildman–Crippen MR) is 107 cm³/mol. The second kappa shape index (κ2) is 7.81. The van der Waals surface area contributed by atoms with Gasteiger partial charge < -0.3 is 10.2 Å². The van der Waals surface area contributed by atoms with Crippen LogP contribution in [0.3, 0.4) is 0 Å². The predicted octanol–water partition coefficient (Wildman–Crippen LogP) is 3.89. The van der Waals surface area contributed by atoms with Crippen LogP contribution < -0.4 is 5.32 Å². The highest BCUT2D eigenvalue weighted by molar-refractivity contribution is 5.80. The summed E-state index contributed by atoms with van der Waals surface area (Å²) in [5, 5.41) is 3.80. The molecular formula is C23H29N3O. The average molecular weight is 364 g/mol. The van der Waals surface area contributed by atoms with E-state index < -0.39 is 0 Å². The molecule has 2 aromatic rings. The number of hydrogen-bond donors (Lipinski definition) is 1. The van der Waals surface area contributed by atoms with Crippen molar-refractivity contribution >= 4 is 5.91 Å². The topological polar surface area (TPSA) is 45.2 Å². The van der Waals surface area contributed by atoms with E-state index in [0.717, 1.165) is 25.1 Å². The molecule has 3 atom stereocenters. The molecule has 27 heavy (non-hydrogen) atoms. The summed E-state index contributed by atoms with van der Waals surface area (Å²) in [4.78, 5) is 20.0. The van der Waals surface area contributed by atoms with Gasteiger partial charge in [0.15, 0.2) is 0 Å². The largest absolute Gasteiger partial charge is 0.330 e. The molecule has 1 aromatic carbocycles. The van der Waals surface area contributed by atoms with Crippen molar-refractivity contribution in [2.24, 2.45) is 0 Å². The van der Waals surface area contributed by atoms with E-state index >= 15 is 0 Å². The Morgan fingerprint density at radius 1 is 1.15 bits per heavy atom. The molecule has 4 rings (SSSR count). The zero-order chi connectivity index (χ0) is 18.7. The molecule has 1 N–H and O–H groups in total. The molecule has 0 unspecified atom stereocenters. The van der Waals surface area contributed by atoms with Gasteiger partial charge in [0.05, 0.1) is 18.5 Å². The first-order valence-corrected chi connectivity index (χ1v) is 10.2. The number of aromatic nitrogens is 1. The maximum absolute atomic E-state index is 13.5. The third-order valence-electron chi connectivity index (χ3n) is 6.24. The Kier molecular flexibility index (Phi) is 5.26. The quantitative estimate of drug-likeness (QED) is 0.900. The molecule has 0 saturated carbocycles. The summed E-state index contributed by atoms with van der Waals surface area (Å²) < 4.78 is 0. The fourth-order valence-corrected chi connectivity index (χ4v) is 4.87. The number of nitrogens with zero attached hydrogens (tertiary/aromatic N) is 2. The molecule has 2 aliphatic heterocycles. The van der Waals surface area contributed by atoms with Gasteiger partial charge in [0.1, 0.15) is 0 Å². The highest BCUT2D eigenvalue weighted by atomic mass is 16.2. The number of benzene rings is 1. The van der Waals surface area contributed by atoms with Gasteiger partial charge in [-0.3, -0.25) is 9.78 Å². The van der Waals surface area contributed by atoms with E-state index in [1.54, 1.807) is 6.20 Å². The molecule has 1 amide bonds. The Morgan fingerprint density at radius 3 is 2.74 bits per heavy atom. The SMILES string of the molecule is C[C@]12C[C@@H](c3ccccc3)N(C(=O)Cc3ccccn3)[C@H]1CCCCCN2. The zero-order valence-electron chi connectivity index (χ0n) is 16.1. The summed E-state index contributed by atoms with van der Waals surface area (Å²) in [5.74, 6) is 0.193. The number of likely N-dealkylation sites (tertiary alicyclic amines) is 1. The summed E-state index contributed by atoms with van der Waals surface area (Å²) in [6.45, 7) is 3.35. The smallest absolute Gasteiger partial charge is 0.229 e. The van der Waals surface area contributed by atoms with Gasteiger partial charge in [0, 0.05) is 17.4 Å². The van der Waals surface area contributed by atoms with Gasteiger partial charge in [0.25, 0.3) is 0 Å². The molecule has 0 aliphatic carbocycles. The van der Waals surface area contributed by atoms with Crippen LogP contribution in [0.5, 0.6) is 0 Å². The van der Waals surface area contributed by atoms with Gasteiger partial charge in [-0.2, -0.15) is 0 Å². The molecule has 4 heteroatoms. The standard InChI is InChI=1S/C23H29N3O/c1-23-17-20(18-10-4-2-5-11-18)26(21(23)13-6-3-8-15-25-23)22(27)16-19-12-7-9-14-24-19/h2,4-5,7,9-12,14,20-21,25H,3,6,8,13,15-17H2,1H3/t20-,21-,23-/m0/s1. The zero-order valence-corrected chi connectivity index (χ0v) is 16.1. The van der Waals surface area contributed by atoms with E-state index in [-0.39, 0.29) is 23.5 Å². The van der Waals surface area contributed by atoms with E-state index in [9.17, 15) is 4.79 Å². The molecule has 2 fully saturated rings. The number of fused-ring (bicyclic) bond motifs is 1. The van der Waals surface area contributed by atoms with E-state index in [2.05, 4.69) is 46.4 Å². The number of hydrogen-bond acceptors (Lipinski definition) is 3. The maximum Gasteiger partial charge on any atom is 0.229 e. The Balaban J connectivity index is 1.67. The Hall–Kier alpha value is -2.20. The first kappa shape index (κ1) is 18.2. The van der Waals surface area contributed by atoms with Crippen LogP contribution >= 0.6 is 0 Å². The summed E-state index contributed by atoms with van der Waals surface area (Å²) >= 11 is 0. The van der Waals surface area contributed by atoms with Crippen molar-refractivity contribution in [3.8, 4) is 0 Å². The van der Waals surface area contributed by atoms with E-state index in [1.165, 1.54) is 24.8 Å². The summed E-state index contributed by atoms with van der Waals surface area (Å²) in [6.07, 6.45) is 7.82. The molecule has 2 aliphatic rings. The lowest BCUT2D eigenvalue weighted by Crippen LogP contribution is -2.54. The monoisotopic (exact) mass is 363 g/mol. The highest BCUT2D eigenvalue weighted by Crippen LogP contribution is 2.45. The van der Waals surface area contributed by atoms with Crippen molar-refractivity contribution in [1.82, 2.24) is 15.2 Å². The fourth-order valence-electron chi connectivity index (χ4n) is 4.87. The molecule has 4 nitrogen and oxygen atoms in total. The van der Waals surface area contributed by atoms with Crippen LogP contribution in [0.25, 0.3) is 0 Å². The van der Waals surface area contributed by atoms with Crippen LogP contribution in [0.15, 0.2) is 54.7 Å². The van der Waals surface area contributed by atoms with Crippen molar-refractivity contribution in [3.63, 3.8) is 0 Å². The van der Waals surface area contributed by atoms with Gasteiger partial charge in [0.2, 0.25) is 5.91 Å². The van der Waals surface area contributed by atoms with E-state index in [0.29, 0.717) is 6.42 Å². The summed E-state index contributed by atoms with van der Waals surface area (Å²) in [5.41, 5.74) is 2.06. The molecule has 2 saturated heterocycles. The lowest BCUT2D eigenvalue weighted by atomic mass is 9.85. The normalized spacial score (nSPS) is 28.3. The van der Waals surface area contributed by atoms with Crippen LogP contribution in [0, 0.1) is 0 Å². The minimum Gasteiger partial charge on any atom is -0.330 e. The van der Waals surface area contributed by atoms with Crippen LogP contribution in [0.1, 0.15) is 56.3 Å². The van der Waals surface area contributed by atoms with Gasteiger partial charge in [-0.05, 0) is 50.4 Å². The van der Waals surface area contributed by atoms with Crippen molar-refractivity contribution in [3.05, 3.63) is 66.0 Å². The lowest BCUT2D eigenvalue weighted by Gasteiger charge is -2.38. The first-order valence-electron chi connectivity index (χ1n) is 10.2. The van der Waals surface area contributed by atoms with Crippen LogP contribution in [0.4, 0.5) is 0 Å². The molecule has 142 valence electrons. The number of nitrogens with one attached hydrogen (secondary N) is 1. The second-order valence-electron chi connectivity index (χ2n) is 8.14. The summed E-state index contributed by atoms with van der Waals surface area (Å²) in [6, 6.07) is 16.7. The third-order valence-corrected chi connectivity index (χ3v) is 6.24. The molecule has 3 heterocycles. The Labute approximate surface area is 162 Å². The lowest BCUT2D eigenvalue weighted by molar-refractivity contribution is -0.134. The van der Waals surface area contributed by atoms with Crippen molar-refractivity contribution in [1.29, 1.82) is 0 Å². The number of carbonyl (C=O) groups excluding carboxylic acids is 1. The molecule has 0 spiro atoms. The number of pyridine rings is 1. The summed E-state index contributed by atoms with van der Waals surface area (Å²) in [7, 11) is 0. The van der Waals surface area contributed by atoms with Gasteiger partial charge in [-0.1, -0.05) is 49.2 Å². The minimum absolute atomic E-state index is 0.0271. The van der Waals surface area contributed by atoms with Crippen LogP contribution in [-0.2, 0) is 11.2 Å². The minimum atomic E-state index is -0.0271. The van der Waals surface area contributed by atoms with Crippen LogP contribution in [-0.4, -0.2) is 33.9 Å².